The molecule has 0 aliphatic carbocycles. The predicted octanol–water partition coefficient (Wildman–Crippen LogP) is 13.3. The maximum atomic E-state index is 9.33. The lowest BCUT2D eigenvalue weighted by Crippen LogP contribution is -1.91. The average molecular weight is 611 g/mol. The van der Waals surface area contributed by atoms with Gasteiger partial charge in [-0.15, -0.1) is 11.3 Å². The van der Waals surface area contributed by atoms with E-state index in [4.69, 9.17) is 9.90 Å². The highest BCUT2D eigenvalue weighted by atomic mass is 32.1. The van der Waals surface area contributed by atoms with Crippen LogP contribution in [-0.4, -0.2) is 0 Å². The van der Waals surface area contributed by atoms with Crippen molar-refractivity contribution in [1.29, 1.82) is 0 Å². The summed E-state index contributed by atoms with van der Waals surface area (Å²) in [4.78, 5) is 0. The van der Waals surface area contributed by atoms with Crippen molar-refractivity contribution in [3.05, 3.63) is 158 Å². The van der Waals surface area contributed by atoms with Gasteiger partial charge in [-0.3, -0.25) is 0 Å². The van der Waals surface area contributed by atoms with Crippen LogP contribution in [0.5, 0.6) is 0 Å². The third-order valence-corrected chi connectivity index (χ3v) is 10.1. The highest BCUT2D eigenvalue weighted by Gasteiger charge is 2.20. The number of hydrogen-bond donors (Lipinski definition) is 0. The smallest absolute Gasteiger partial charge is 0.143 e. The molecule has 2 aromatic heterocycles. The van der Waals surface area contributed by atoms with Crippen LogP contribution in [0.1, 0.15) is 11.0 Å². The van der Waals surface area contributed by atoms with E-state index in [1.165, 1.54) is 15.5 Å². The van der Waals surface area contributed by atoms with Gasteiger partial charge in [0, 0.05) is 42.1 Å². The van der Waals surface area contributed by atoms with Crippen molar-refractivity contribution >= 4 is 75.0 Å². The molecule has 0 spiro atoms. The van der Waals surface area contributed by atoms with Gasteiger partial charge in [0.25, 0.3) is 0 Å². The normalized spacial score (nSPS) is 14.3. The first-order valence-corrected chi connectivity index (χ1v) is 15.8. The Bertz CT molecular complexity index is 3170. The number of benzene rings is 8. The molecule has 2 heterocycles. The second kappa shape index (κ2) is 9.90. The first-order chi connectivity index (χ1) is 26.1. The highest BCUT2D eigenvalue weighted by Crippen LogP contribution is 2.46. The van der Waals surface area contributed by atoms with Gasteiger partial charge in [-0.25, -0.2) is 0 Å². The van der Waals surface area contributed by atoms with Gasteiger partial charge in [0.05, 0.1) is 11.0 Å². The SMILES string of the molecule is [2H]c1c([2H])c([2H])c2c(-c3cccc4c3oc3ccccc34)c3c([2H])c([2H])c([2H])c([2H])c3c(-c3ccc(-c4ccc5c(c4)sc4ccccc45)cc3)c2c1[2H]. The van der Waals surface area contributed by atoms with Gasteiger partial charge in [-0.05, 0) is 62.0 Å². The Morgan fingerprint density at radius 1 is 0.435 bits per heavy atom. The van der Waals surface area contributed by atoms with Gasteiger partial charge in [0.1, 0.15) is 11.2 Å². The summed E-state index contributed by atoms with van der Waals surface area (Å²) in [5, 5.41) is 4.68. The van der Waals surface area contributed by atoms with E-state index in [1.54, 1.807) is 17.4 Å². The number of rotatable bonds is 3. The van der Waals surface area contributed by atoms with E-state index in [-0.39, 0.29) is 51.3 Å². The molecular weight excluding hydrogens is 577 g/mol. The van der Waals surface area contributed by atoms with Crippen molar-refractivity contribution in [3.8, 4) is 33.4 Å². The lowest BCUT2D eigenvalue weighted by molar-refractivity contribution is 0.670. The molecule has 46 heavy (non-hydrogen) atoms. The molecule has 0 unspecified atom stereocenters. The number of fused-ring (bicyclic) bond motifs is 8. The first kappa shape index (κ1) is 19.0. The zero-order valence-electron chi connectivity index (χ0n) is 32.2. The molecular formula is C44H26OS. The van der Waals surface area contributed by atoms with Crippen LogP contribution in [0.25, 0.3) is 97.0 Å². The molecule has 10 rings (SSSR count). The van der Waals surface area contributed by atoms with E-state index in [0.29, 0.717) is 27.9 Å². The lowest BCUT2D eigenvalue weighted by Gasteiger charge is -2.18. The van der Waals surface area contributed by atoms with Crippen LogP contribution in [0.15, 0.2) is 162 Å². The first-order valence-electron chi connectivity index (χ1n) is 19.0. The Kier molecular flexibility index (Phi) is 4.08. The summed E-state index contributed by atoms with van der Waals surface area (Å²) in [6.45, 7) is 0. The summed E-state index contributed by atoms with van der Waals surface area (Å²) < 4.78 is 81.2. The molecule has 0 N–H and O–H groups in total. The summed E-state index contributed by atoms with van der Waals surface area (Å²) in [6, 6.07) is 32.4. The number of furan rings is 1. The zero-order chi connectivity index (χ0) is 37.2. The molecule has 10 aromatic rings. The minimum atomic E-state index is -0.441. The topological polar surface area (TPSA) is 13.1 Å². The number of hydrogen-bond acceptors (Lipinski definition) is 2. The van der Waals surface area contributed by atoms with Gasteiger partial charge in [-0.2, -0.15) is 0 Å². The minimum Gasteiger partial charge on any atom is -0.455 e. The van der Waals surface area contributed by atoms with Crippen molar-refractivity contribution in [2.24, 2.45) is 0 Å². The van der Waals surface area contributed by atoms with Gasteiger partial charge < -0.3 is 4.42 Å². The third-order valence-electron chi connectivity index (χ3n) is 8.93. The van der Waals surface area contributed by atoms with Crippen LogP contribution in [0, 0.1) is 0 Å². The van der Waals surface area contributed by atoms with E-state index in [1.807, 2.05) is 72.8 Å². The van der Waals surface area contributed by atoms with Crippen molar-refractivity contribution in [2.45, 2.75) is 0 Å². The molecule has 8 aromatic carbocycles. The third kappa shape index (κ3) is 3.74. The molecule has 0 fully saturated rings. The molecule has 0 bridgehead atoms. The minimum absolute atomic E-state index is 0.153. The quantitative estimate of drug-likeness (QED) is 0.181. The van der Waals surface area contributed by atoms with Crippen molar-refractivity contribution in [3.63, 3.8) is 0 Å². The van der Waals surface area contributed by atoms with Crippen LogP contribution >= 0.6 is 11.3 Å². The Morgan fingerprint density at radius 3 is 1.78 bits per heavy atom. The van der Waals surface area contributed by atoms with Crippen LogP contribution in [-0.2, 0) is 0 Å². The molecule has 0 radical (unpaired) electrons. The van der Waals surface area contributed by atoms with Gasteiger partial charge in [0.15, 0.2) is 0 Å². The Labute approximate surface area is 280 Å². The van der Waals surface area contributed by atoms with Gasteiger partial charge >= 0.3 is 0 Å². The second-order valence-electron chi connectivity index (χ2n) is 11.4. The Balaban J connectivity index is 1.31. The Morgan fingerprint density at radius 2 is 1.02 bits per heavy atom. The highest BCUT2D eigenvalue weighted by molar-refractivity contribution is 7.25. The number of para-hydroxylation sites is 2. The van der Waals surface area contributed by atoms with E-state index >= 15 is 0 Å². The van der Waals surface area contributed by atoms with Gasteiger partial charge in [-0.1, -0.05) is 139 Å². The van der Waals surface area contributed by atoms with Crippen LogP contribution < -0.4 is 0 Å². The van der Waals surface area contributed by atoms with E-state index < -0.39 is 24.2 Å². The number of thiophene rings is 1. The Hall–Kier alpha value is -5.70. The summed E-state index contributed by atoms with van der Waals surface area (Å²) in [6.07, 6.45) is 0. The van der Waals surface area contributed by atoms with Crippen LogP contribution in [0.4, 0.5) is 0 Å². The molecule has 0 aliphatic rings. The fourth-order valence-electron chi connectivity index (χ4n) is 6.86. The summed E-state index contributed by atoms with van der Waals surface area (Å²) in [7, 11) is 0. The van der Waals surface area contributed by atoms with Crippen molar-refractivity contribution in [1.82, 2.24) is 0 Å². The maximum Gasteiger partial charge on any atom is 0.143 e. The summed E-state index contributed by atoms with van der Waals surface area (Å²) in [5.41, 5.74) is 4.62. The predicted molar refractivity (Wildman–Crippen MR) is 198 cm³/mol. The second-order valence-corrected chi connectivity index (χ2v) is 12.5. The van der Waals surface area contributed by atoms with Crippen LogP contribution in [0.3, 0.4) is 0 Å². The zero-order valence-corrected chi connectivity index (χ0v) is 25.0. The molecule has 0 saturated heterocycles. The van der Waals surface area contributed by atoms with E-state index in [0.717, 1.165) is 26.6 Å². The molecule has 0 amide bonds. The monoisotopic (exact) mass is 610 g/mol. The van der Waals surface area contributed by atoms with Crippen LogP contribution in [0.2, 0.25) is 0 Å². The summed E-state index contributed by atoms with van der Waals surface area (Å²) in [5.74, 6) is 0. The molecule has 1 nitrogen and oxygen atoms in total. The molecule has 214 valence electrons. The molecule has 0 aliphatic heterocycles. The standard InChI is InChI=1S/C44H26OS/c1-3-14-35-33(12-1)42(28-22-20-27(21-23-28)29-24-25-32-31-11-6-8-19-40(31)46-41(32)26-29)34-13-2-4-15-36(34)43(35)38-17-9-16-37-30-10-5-7-18-39(30)45-44(37)38/h1-26H/i1D,2D,3D,4D,12D,13D,14D,15D. The molecule has 0 saturated carbocycles. The molecule has 2 heteroatoms. The average Bonchev–Trinajstić information content (AvgIpc) is 3.78. The largest absolute Gasteiger partial charge is 0.455 e. The lowest BCUT2D eigenvalue weighted by atomic mass is 9.85. The maximum absolute atomic E-state index is 9.33. The van der Waals surface area contributed by atoms with Crippen molar-refractivity contribution < 1.29 is 15.4 Å². The van der Waals surface area contributed by atoms with Gasteiger partial charge in [0.2, 0.25) is 0 Å². The van der Waals surface area contributed by atoms with E-state index in [9.17, 15) is 5.48 Å². The summed E-state index contributed by atoms with van der Waals surface area (Å²) >= 11 is 1.74. The molecule has 0 atom stereocenters. The van der Waals surface area contributed by atoms with Crippen molar-refractivity contribution in [2.75, 3.05) is 0 Å². The van der Waals surface area contributed by atoms with E-state index in [2.05, 4.69) is 30.3 Å². The fraction of sp³-hybridized carbons (Fsp3) is 0. The fourth-order valence-corrected chi connectivity index (χ4v) is 8.01.